The van der Waals surface area contributed by atoms with Crippen LogP contribution in [-0.2, 0) is 4.79 Å². The fraction of sp³-hybridized carbons (Fsp3) is 0.227. The normalized spacial score (nSPS) is 15.8. The van der Waals surface area contributed by atoms with Crippen LogP contribution < -0.4 is 5.32 Å². The minimum Gasteiger partial charge on any atom is -0.310 e. The van der Waals surface area contributed by atoms with E-state index < -0.39 is 17.6 Å². The molecule has 1 aromatic heterocycles. The molecule has 1 amide bonds. The molecule has 0 radical (unpaired) electrons. The largest absolute Gasteiger partial charge is 0.310 e. The topological polar surface area (TPSA) is 64.0 Å². The second-order valence-electron chi connectivity index (χ2n) is 7.34. The molecule has 1 atom stereocenters. The van der Waals surface area contributed by atoms with E-state index in [1.165, 1.54) is 10.7 Å². The summed E-state index contributed by atoms with van der Waals surface area (Å²) in [4.78, 5) is 25.7. The summed E-state index contributed by atoms with van der Waals surface area (Å²) in [7, 11) is 0. The predicted octanol–water partition coefficient (Wildman–Crippen LogP) is 4.38. The van der Waals surface area contributed by atoms with Gasteiger partial charge in [0.1, 0.15) is 17.3 Å². The lowest BCUT2D eigenvalue weighted by molar-refractivity contribution is -0.116. The van der Waals surface area contributed by atoms with Gasteiger partial charge in [0.05, 0.1) is 11.6 Å². The van der Waals surface area contributed by atoms with Crippen molar-refractivity contribution < 1.29 is 18.4 Å². The number of ketones is 1. The molecule has 0 bridgehead atoms. The van der Waals surface area contributed by atoms with Gasteiger partial charge in [0, 0.05) is 23.6 Å². The SMILES string of the molecule is Cc1ccc(C(=O)[C@@H]2CC(=O)Nc3c2c(C)nn3-c2ccc(F)cc2F)c(C)c1. The molecule has 1 aliphatic rings. The summed E-state index contributed by atoms with van der Waals surface area (Å²) in [6.07, 6.45) is -0.0163. The fourth-order valence-corrected chi connectivity index (χ4v) is 3.88. The maximum Gasteiger partial charge on any atom is 0.226 e. The van der Waals surface area contributed by atoms with Crippen LogP contribution in [0.2, 0.25) is 0 Å². The number of Topliss-reactive ketones (excluding diaryl/α,β-unsaturated/α-hetero) is 1. The molecule has 2 heterocycles. The van der Waals surface area contributed by atoms with E-state index in [4.69, 9.17) is 0 Å². The quantitative estimate of drug-likeness (QED) is 0.669. The number of fused-ring (bicyclic) bond motifs is 1. The van der Waals surface area contributed by atoms with Crippen LogP contribution in [0.3, 0.4) is 0 Å². The Bertz CT molecular complexity index is 1170. The third-order valence-electron chi connectivity index (χ3n) is 5.20. The van der Waals surface area contributed by atoms with Crippen LogP contribution in [-0.4, -0.2) is 21.5 Å². The number of aryl methyl sites for hydroxylation is 3. The summed E-state index contributed by atoms with van der Waals surface area (Å²) >= 11 is 0. The first-order valence-electron chi connectivity index (χ1n) is 9.22. The molecule has 148 valence electrons. The number of nitrogens with zero attached hydrogens (tertiary/aromatic N) is 2. The van der Waals surface area contributed by atoms with Crippen LogP contribution in [0.25, 0.3) is 5.69 Å². The number of halogens is 2. The van der Waals surface area contributed by atoms with E-state index in [0.717, 1.165) is 23.3 Å². The molecular formula is C22H19F2N3O2. The van der Waals surface area contributed by atoms with Gasteiger partial charge in [-0.25, -0.2) is 13.5 Å². The Morgan fingerprint density at radius 3 is 2.59 bits per heavy atom. The van der Waals surface area contributed by atoms with Gasteiger partial charge < -0.3 is 5.32 Å². The van der Waals surface area contributed by atoms with Crippen molar-refractivity contribution in [2.24, 2.45) is 0 Å². The number of hydrogen-bond donors (Lipinski definition) is 1. The molecule has 0 unspecified atom stereocenters. The number of rotatable bonds is 3. The Kier molecular flexibility index (Phi) is 4.53. The van der Waals surface area contributed by atoms with Crippen molar-refractivity contribution in [1.29, 1.82) is 0 Å². The Morgan fingerprint density at radius 1 is 1.14 bits per heavy atom. The van der Waals surface area contributed by atoms with E-state index in [1.54, 1.807) is 13.0 Å². The van der Waals surface area contributed by atoms with Crippen molar-refractivity contribution >= 4 is 17.5 Å². The highest BCUT2D eigenvalue weighted by atomic mass is 19.1. The van der Waals surface area contributed by atoms with E-state index in [9.17, 15) is 18.4 Å². The Morgan fingerprint density at radius 2 is 1.90 bits per heavy atom. The molecule has 1 aliphatic heterocycles. The number of amides is 1. The molecule has 0 spiro atoms. The lowest BCUT2D eigenvalue weighted by atomic mass is 9.84. The van der Waals surface area contributed by atoms with Crippen LogP contribution >= 0.6 is 0 Å². The van der Waals surface area contributed by atoms with Crippen LogP contribution in [0, 0.1) is 32.4 Å². The van der Waals surface area contributed by atoms with E-state index in [2.05, 4.69) is 10.4 Å². The van der Waals surface area contributed by atoms with Gasteiger partial charge in [0.25, 0.3) is 0 Å². The summed E-state index contributed by atoms with van der Waals surface area (Å²) in [5, 5.41) is 7.04. The number of carbonyl (C=O) groups is 2. The molecule has 3 aromatic rings. The highest BCUT2D eigenvalue weighted by Crippen LogP contribution is 2.39. The molecule has 0 aliphatic carbocycles. The molecule has 0 saturated carbocycles. The lowest BCUT2D eigenvalue weighted by Gasteiger charge is -2.24. The molecule has 0 saturated heterocycles. The van der Waals surface area contributed by atoms with E-state index >= 15 is 0 Å². The van der Waals surface area contributed by atoms with Gasteiger partial charge >= 0.3 is 0 Å². The molecule has 4 rings (SSSR count). The smallest absolute Gasteiger partial charge is 0.226 e. The van der Waals surface area contributed by atoms with Crippen molar-refractivity contribution in [3.8, 4) is 5.69 Å². The van der Waals surface area contributed by atoms with Crippen molar-refractivity contribution in [1.82, 2.24) is 9.78 Å². The molecule has 2 aromatic carbocycles. The Labute approximate surface area is 166 Å². The summed E-state index contributed by atoms with van der Waals surface area (Å²) in [6, 6.07) is 8.65. The number of carbonyl (C=O) groups excluding carboxylic acids is 2. The van der Waals surface area contributed by atoms with E-state index in [1.807, 2.05) is 26.0 Å². The fourth-order valence-electron chi connectivity index (χ4n) is 3.88. The van der Waals surface area contributed by atoms with Crippen LogP contribution in [0.1, 0.15) is 45.1 Å². The van der Waals surface area contributed by atoms with Crippen LogP contribution in [0.4, 0.5) is 14.6 Å². The Hall–Kier alpha value is -3.35. The molecule has 7 heteroatoms. The summed E-state index contributed by atoms with van der Waals surface area (Å²) in [5.41, 5.74) is 3.47. The van der Waals surface area contributed by atoms with Gasteiger partial charge in [-0.15, -0.1) is 0 Å². The number of aromatic nitrogens is 2. The van der Waals surface area contributed by atoms with Crippen molar-refractivity contribution in [2.45, 2.75) is 33.1 Å². The van der Waals surface area contributed by atoms with Crippen molar-refractivity contribution in [3.05, 3.63) is 76.0 Å². The average Bonchev–Trinajstić information content (AvgIpc) is 2.97. The number of anilines is 1. The van der Waals surface area contributed by atoms with E-state index in [0.29, 0.717) is 16.8 Å². The number of hydrogen-bond acceptors (Lipinski definition) is 3. The summed E-state index contributed by atoms with van der Waals surface area (Å²) in [6.45, 7) is 5.50. The third-order valence-corrected chi connectivity index (χ3v) is 5.20. The van der Waals surface area contributed by atoms with Gasteiger partial charge in [-0.3, -0.25) is 9.59 Å². The van der Waals surface area contributed by atoms with Gasteiger partial charge in [0.15, 0.2) is 11.6 Å². The van der Waals surface area contributed by atoms with Gasteiger partial charge in [-0.1, -0.05) is 23.8 Å². The minimum atomic E-state index is -0.813. The first-order chi connectivity index (χ1) is 13.8. The number of benzene rings is 2. The zero-order valence-corrected chi connectivity index (χ0v) is 16.2. The second-order valence-corrected chi connectivity index (χ2v) is 7.34. The third kappa shape index (κ3) is 3.22. The van der Waals surface area contributed by atoms with Gasteiger partial charge in [0.2, 0.25) is 5.91 Å². The van der Waals surface area contributed by atoms with Gasteiger partial charge in [-0.05, 0) is 38.5 Å². The maximum atomic E-state index is 14.3. The average molecular weight is 395 g/mol. The lowest BCUT2D eigenvalue weighted by Crippen LogP contribution is -2.29. The second kappa shape index (κ2) is 6.92. The first kappa shape index (κ1) is 19.0. The highest BCUT2D eigenvalue weighted by molar-refractivity contribution is 6.08. The monoisotopic (exact) mass is 395 g/mol. The Balaban J connectivity index is 1.85. The van der Waals surface area contributed by atoms with Crippen LogP contribution in [0.15, 0.2) is 36.4 Å². The zero-order valence-electron chi connectivity index (χ0n) is 16.2. The van der Waals surface area contributed by atoms with Crippen molar-refractivity contribution in [2.75, 3.05) is 5.32 Å². The minimum absolute atomic E-state index is 0.00401. The van der Waals surface area contributed by atoms with Crippen LogP contribution in [0.5, 0.6) is 0 Å². The highest BCUT2D eigenvalue weighted by Gasteiger charge is 2.37. The number of nitrogens with one attached hydrogen (secondary N) is 1. The molecule has 0 fully saturated rings. The summed E-state index contributed by atoms with van der Waals surface area (Å²) < 4.78 is 28.9. The molecule has 29 heavy (non-hydrogen) atoms. The van der Waals surface area contributed by atoms with E-state index in [-0.39, 0.29) is 29.6 Å². The van der Waals surface area contributed by atoms with Crippen molar-refractivity contribution in [3.63, 3.8) is 0 Å². The van der Waals surface area contributed by atoms with Gasteiger partial charge in [-0.2, -0.15) is 5.10 Å². The molecular weight excluding hydrogens is 376 g/mol. The predicted molar refractivity (Wildman–Crippen MR) is 104 cm³/mol. The summed E-state index contributed by atoms with van der Waals surface area (Å²) in [5.74, 6) is -2.54. The standard InChI is InChI=1S/C22H19F2N3O2/c1-11-4-6-15(12(2)8-11)21(29)16-10-19(28)25-22-20(16)13(3)26-27(22)18-7-5-14(23)9-17(18)24/h4-9,16H,10H2,1-3H3,(H,25,28)/t16-/m1/s1. The zero-order chi connectivity index (χ0) is 20.9. The first-order valence-corrected chi connectivity index (χ1v) is 9.22. The molecule has 1 N–H and O–H groups in total. The molecule has 5 nitrogen and oxygen atoms in total. The maximum absolute atomic E-state index is 14.3.